The lowest BCUT2D eigenvalue weighted by molar-refractivity contribution is -0.116. The summed E-state index contributed by atoms with van der Waals surface area (Å²) in [5, 5.41) is 15.3. The molecule has 0 radical (unpaired) electrons. The van der Waals surface area contributed by atoms with Crippen LogP contribution in [-0.2, 0) is 14.8 Å². The van der Waals surface area contributed by atoms with Crippen LogP contribution in [-0.4, -0.2) is 21.0 Å². The van der Waals surface area contributed by atoms with Crippen LogP contribution in [0.15, 0.2) is 70.0 Å². The van der Waals surface area contributed by atoms with Crippen LogP contribution in [0.1, 0.15) is 30.7 Å². The van der Waals surface area contributed by atoms with Gasteiger partial charge in [-0.3, -0.25) is 9.69 Å². The van der Waals surface area contributed by atoms with E-state index in [1.54, 1.807) is 29.2 Å². The monoisotopic (exact) mass is 464 g/mol. The first-order valence-electron chi connectivity index (χ1n) is 10.3. The summed E-state index contributed by atoms with van der Waals surface area (Å²) in [6.45, 7) is 0.113. The van der Waals surface area contributed by atoms with Crippen molar-refractivity contribution in [2.45, 2.75) is 30.1 Å². The Morgan fingerprint density at radius 3 is 2.48 bits per heavy atom. The number of Topliss-reactive ketones (excluding diaryl/α,β-unsaturated/α-hetero) is 1. The zero-order valence-corrected chi connectivity index (χ0v) is 18.3. The van der Waals surface area contributed by atoms with Gasteiger partial charge in [0.1, 0.15) is 5.82 Å². The number of benzene rings is 2. The van der Waals surface area contributed by atoms with Crippen molar-refractivity contribution in [2.24, 2.45) is 10.9 Å². The average Bonchev–Trinajstić information content (AvgIpc) is 3.26. The number of nitrogens with two attached hydrogens (primary N) is 2. The minimum Gasteiger partial charge on any atom is -0.454 e. The second-order valence-electron chi connectivity index (χ2n) is 7.97. The van der Waals surface area contributed by atoms with Crippen LogP contribution in [0.5, 0.6) is 11.5 Å². The molecule has 0 saturated carbocycles. The fourth-order valence-corrected chi connectivity index (χ4v) is 5.11. The summed E-state index contributed by atoms with van der Waals surface area (Å²) in [6.07, 6.45) is 1.60. The molecule has 0 bridgehead atoms. The van der Waals surface area contributed by atoms with E-state index in [1.807, 2.05) is 6.07 Å². The SMILES string of the molecule is N#CC1=C(N)N(c2ccc(S(N)(=O)=O)cc2)C2=C(C(=O)CCC2)C1c1ccc2c(c1)OCO2. The van der Waals surface area contributed by atoms with Gasteiger partial charge in [-0.2, -0.15) is 5.26 Å². The van der Waals surface area contributed by atoms with Crippen molar-refractivity contribution in [3.8, 4) is 17.6 Å². The Bertz CT molecular complexity index is 1390. The quantitative estimate of drug-likeness (QED) is 0.703. The molecular weight excluding hydrogens is 444 g/mol. The molecule has 1 atom stereocenters. The molecule has 0 fully saturated rings. The summed E-state index contributed by atoms with van der Waals surface area (Å²) in [4.78, 5) is 14.8. The summed E-state index contributed by atoms with van der Waals surface area (Å²) in [5.41, 5.74) is 9.23. The third-order valence-corrected chi connectivity index (χ3v) is 7.00. The molecule has 168 valence electrons. The van der Waals surface area contributed by atoms with Crippen molar-refractivity contribution in [3.05, 3.63) is 70.7 Å². The summed E-state index contributed by atoms with van der Waals surface area (Å²) >= 11 is 0. The number of carbonyl (C=O) groups excluding carboxylic acids is 1. The van der Waals surface area contributed by atoms with Gasteiger partial charge >= 0.3 is 0 Å². The zero-order chi connectivity index (χ0) is 23.3. The number of ether oxygens (including phenoxy) is 2. The molecule has 1 unspecified atom stereocenters. The van der Waals surface area contributed by atoms with Gasteiger partial charge in [0, 0.05) is 23.4 Å². The van der Waals surface area contributed by atoms with Crippen molar-refractivity contribution >= 4 is 21.5 Å². The van der Waals surface area contributed by atoms with Gasteiger partial charge in [-0.1, -0.05) is 6.07 Å². The summed E-state index contributed by atoms with van der Waals surface area (Å²) in [5.74, 6) is 0.662. The summed E-state index contributed by atoms with van der Waals surface area (Å²) < 4.78 is 34.2. The maximum atomic E-state index is 13.2. The molecule has 4 N–H and O–H groups in total. The predicted octanol–water partition coefficient (Wildman–Crippen LogP) is 2.37. The Hall–Kier alpha value is -3.81. The molecule has 0 aromatic heterocycles. The number of anilines is 1. The molecule has 2 aromatic carbocycles. The highest BCUT2D eigenvalue weighted by Gasteiger charge is 2.40. The molecule has 5 rings (SSSR count). The highest BCUT2D eigenvalue weighted by Crippen LogP contribution is 2.47. The maximum Gasteiger partial charge on any atom is 0.238 e. The first-order chi connectivity index (χ1) is 15.8. The number of rotatable bonds is 3. The Labute approximate surface area is 190 Å². The number of primary sulfonamides is 1. The maximum absolute atomic E-state index is 13.2. The third-order valence-electron chi connectivity index (χ3n) is 6.07. The molecular formula is C23H20N4O5S. The number of fused-ring (bicyclic) bond motifs is 1. The minimum absolute atomic E-state index is 0.0431. The molecule has 10 heteroatoms. The Balaban J connectivity index is 1.68. The smallest absolute Gasteiger partial charge is 0.238 e. The fraction of sp³-hybridized carbons (Fsp3) is 0.217. The number of hydrogen-bond acceptors (Lipinski definition) is 8. The molecule has 3 aliphatic rings. The van der Waals surface area contributed by atoms with Crippen molar-refractivity contribution in [2.75, 3.05) is 11.7 Å². The van der Waals surface area contributed by atoms with E-state index in [4.69, 9.17) is 20.3 Å². The lowest BCUT2D eigenvalue weighted by atomic mass is 9.75. The number of sulfonamides is 1. The largest absolute Gasteiger partial charge is 0.454 e. The Kier molecular flexibility index (Phi) is 4.88. The van der Waals surface area contributed by atoms with Gasteiger partial charge in [-0.05, 0) is 54.8 Å². The Morgan fingerprint density at radius 2 is 1.79 bits per heavy atom. The number of ketones is 1. The van der Waals surface area contributed by atoms with Gasteiger partial charge in [0.15, 0.2) is 17.3 Å². The number of allylic oxidation sites excluding steroid dienone is 3. The van der Waals surface area contributed by atoms with E-state index in [2.05, 4.69) is 6.07 Å². The van der Waals surface area contributed by atoms with Crippen LogP contribution in [0.3, 0.4) is 0 Å². The van der Waals surface area contributed by atoms with E-state index in [0.29, 0.717) is 53.3 Å². The van der Waals surface area contributed by atoms with E-state index < -0.39 is 15.9 Å². The first-order valence-corrected chi connectivity index (χ1v) is 11.8. The van der Waals surface area contributed by atoms with Crippen molar-refractivity contribution in [1.82, 2.24) is 0 Å². The van der Waals surface area contributed by atoms with E-state index >= 15 is 0 Å². The van der Waals surface area contributed by atoms with Crippen LogP contribution < -0.4 is 25.2 Å². The van der Waals surface area contributed by atoms with Crippen molar-refractivity contribution in [3.63, 3.8) is 0 Å². The minimum atomic E-state index is -3.86. The molecule has 2 aromatic rings. The molecule has 0 spiro atoms. The lowest BCUT2D eigenvalue weighted by Gasteiger charge is -2.39. The topological polar surface area (TPSA) is 149 Å². The van der Waals surface area contributed by atoms with E-state index in [9.17, 15) is 18.5 Å². The van der Waals surface area contributed by atoms with Crippen molar-refractivity contribution in [1.29, 1.82) is 5.26 Å². The van der Waals surface area contributed by atoms with Crippen molar-refractivity contribution < 1.29 is 22.7 Å². The van der Waals surface area contributed by atoms with Crippen LogP contribution in [0.25, 0.3) is 0 Å². The number of hydrogen-bond donors (Lipinski definition) is 2. The van der Waals surface area contributed by atoms with E-state index in [-0.39, 0.29) is 28.9 Å². The highest BCUT2D eigenvalue weighted by atomic mass is 32.2. The van der Waals surface area contributed by atoms with Gasteiger partial charge in [0.2, 0.25) is 16.8 Å². The highest BCUT2D eigenvalue weighted by molar-refractivity contribution is 7.89. The van der Waals surface area contributed by atoms with Gasteiger partial charge in [0.25, 0.3) is 0 Å². The van der Waals surface area contributed by atoms with Crippen LogP contribution in [0.4, 0.5) is 5.69 Å². The summed E-state index contributed by atoms with van der Waals surface area (Å²) in [6, 6.07) is 13.4. The third kappa shape index (κ3) is 3.42. The normalized spacial score (nSPS) is 20.1. The molecule has 0 amide bonds. The van der Waals surface area contributed by atoms with E-state index in [1.165, 1.54) is 12.1 Å². The fourth-order valence-electron chi connectivity index (χ4n) is 4.59. The van der Waals surface area contributed by atoms with E-state index in [0.717, 1.165) is 0 Å². The molecule has 33 heavy (non-hydrogen) atoms. The number of nitriles is 1. The number of nitrogens with zero attached hydrogens (tertiary/aromatic N) is 2. The lowest BCUT2D eigenvalue weighted by Crippen LogP contribution is -2.38. The predicted molar refractivity (Wildman–Crippen MR) is 118 cm³/mol. The summed E-state index contributed by atoms with van der Waals surface area (Å²) in [7, 11) is -3.86. The average molecular weight is 465 g/mol. The van der Waals surface area contributed by atoms with Gasteiger partial charge in [-0.25, -0.2) is 13.6 Å². The number of carbonyl (C=O) groups is 1. The molecule has 9 nitrogen and oxygen atoms in total. The standard InChI is InChI=1S/C23H20N4O5S/c24-11-16-21(13-4-9-19-20(10-13)32-12-31-19)22-17(2-1-3-18(22)28)27(23(16)25)14-5-7-15(8-6-14)33(26,29)30/h4-10,21H,1-3,12,25H2,(H2,26,29,30). The second kappa shape index (κ2) is 7.65. The van der Waals surface area contributed by atoms with Gasteiger partial charge in [0.05, 0.1) is 22.5 Å². The van der Waals surface area contributed by atoms with Crippen LogP contribution in [0.2, 0.25) is 0 Å². The van der Waals surface area contributed by atoms with Gasteiger partial charge < -0.3 is 15.2 Å². The molecule has 0 saturated heterocycles. The Morgan fingerprint density at radius 1 is 1.06 bits per heavy atom. The van der Waals surface area contributed by atoms with Crippen LogP contribution in [0, 0.1) is 11.3 Å². The van der Waals surface area contributed by atoms with Crippen LogP contribution >= 0.6 is 0 Å². The molecule has 2 aliphatic heterocycles. The first kappa shape index (κ1) is 21.1. The second-order valence-corrected chi connectivity index (χ2v) is 9.53. The van der Waals surface area contributed by atoms with Gasteiger partial charge in [-0.15, -0.1) is 0 Å². The molecule has 1 aliphatic carbocycles. The molecule has 2 heterocycles. The zero-order valence-electron chi connectivity index (χ0n) is 17.4.